The molecule has 2 aromatic rings. The lowest BCUT2D eigenvalue weighted by Crippen LogP contribution is -1.95. The zero-order valence-corrected chi connectivity index (χ0v) is 11.3. The number of rotatable bonds is 3. The Hall–Kier alpha value is -1.83. The van der Waals surface area contributed by atoms with Crippen molar-refractivity contribution in [3.05, 3.63) is 47.7 Å². The summed E-state index contributed by atoms with van der Waals surface area (Å²) < 4.78 is 0. The van der Waals surface area contributed by atoms with Gasteiger partial charge in [-0.2, -0.15) is 0 Å². The van der Waals surface area contributed by atoms with Crippen LogP contribution in [0.1, 0.15) is 37.4 Å². The van der Waals surface area contributed by atoms with Crippen molar-refractivity contribution in [1.82, 2.24) is 4.98 Å². The second-order valence-electron chi connectivity index (χ2n) is 4.80. The Morgan fingerprint density at radius 2 is 1.78 bits per heavy atom. The minimum absolute atomic E-state index is 0.611. The number of aromatic nitrogens is 1. The fourth-order valence-electron chi connectivity index (χ4n) is 1.95. The zero-order valence-electron chi connectivity index (χ0n) is 11.3. The molecule has 2 rings (SSSR count). The molecule has 0 bridgehead atoms. The summed E-state index contributed by atoms with van der Waals surface area (Å²) in [5.74, 6) is 0.611. The van der Waals surface area contributed by atoms with Gasteiger partial charge in [-0.05, 0) is 37.0 Å². The molecule has 1 unspecified atom stereocenters. The van der Waals surface area contributed by atoms with Gasteiger partial charge in [0.2, 0.25) is 0 Å². The van der Waals surface area contributed by atoms with E-state index >= 15 is 0 Å². The first-order chi connectivity index (χ1) is 8.61. The smallest absolute Gasteiger partial charge is 0.0706 e. The maximum Gasteiger partial charge on any atom is 0.0706 e. The van der Waals surface area contributed by atoms with Crippen LogP contribution in [0.25, 0.3) is 11.3 Å². The summed E-state index contributed by atoms with van der Waals surface area (Å²) in [6, 6.07) is 12.5. The van der Waals surface area contributed by atoms with Gasteiger partial charge in [0, 0.05) is 5.56 Å². The highest BCUT2D eigenvalue weighted by Crippen LogP contribution is 2.24. The fourth-order valence-corrected chi connectivity index (χ4v) is 1.95. The van der Waals surface area contributed by atoms with E-state index < -0.39 is 0 Å². The summed E-state index contributed by atoms with van der Waals surface area (Å²) in [7, 11) is 0. The number of aryl methyl sites for hydroxylation is 1. The maximum atomic E-state index is 5.79. The van der Waals surface area contributed by atoms with E-state index in [2.05, 4.69) is 43.1 Å². The summed E-state index contributed by atoms with van der Waals surface area (Å²) >= 11 is 0. The standard InChI is InChI=1S/C16H20N2/c1-4-11(2)13-5-7-14(8-6-13)16-10-9-15(17)12(3)18-16/h5-11H,4,17H2,1-3H3. The van der Waals surface area contributed by atoms with E-state index in [1.54, 1.807) is 0 Å². The highest BCUT2D eigenvalue weighted by atomic mass is 14.7. The first-order valence-electron chi connectivity index (χ1n) is 6.45. The summed E-state index contributed by atoms with van der Waals surface area (Å²) in [4.78, 5) is 4.51. The van der Waals surface area contributed by atoms with Crippen LogP contribution in [0.5, 0.6) is 0 Å². The molecule has 1 heterocycles. The third kappa shape index (κ3) is 2.53. The summed E-state index contributed by atoms with van der Waals surface area (Å²) in [6.45, 7) is 6.40. The molecule has 0 fully saturated rings. The third-order valence-corrected chi connectivity index (χ3v) is 3.51. The summed E-state index contributed by atoms with van der Waals surface area (Å²) in [5.41, 5.74) is 10.9. The van der Waals surface area contributed by atoms with Gasteiger partial charge < -0.3 is 5.73 Å². The van der Waals surface area contributed by atoms with Crippen molar-refractivity contribution < 1.29 is 0 Å². The van der Waals surface area contributed by atoms with Crippen LogP contribution in [0.3, 0.4) is 0 Å². The van der Waals surface area contributed by atoms with Crippen LogP contribution in [-0.2, 0) is 0 Å². The van der Waals surface area contributed by atoms with Crippen LogP contribution in [0.4, 0.5) is 5.69 Å². The average molecular weight is 240 g/mol. The Labute approximate surface area is 109 Å². The summed E-state index contributed by atoms with van der Waals surface area (Å²) in [6.07, 6.45) is 1.17. The molecule has 1 atom stereocenters. The average Bonchev–Trinajstić information content (AvgIpc) is 2.41. The monoisotopic (exact) mass is 240 g/mol. The number of benzene rings is 1. The molecule has 2 nitrogen and oxygen atoms in total. The molecule has 0 saturated carbocycles. The Balaban J connectivity index is 2.31. The molecule has 0 aliphatic carbocycles. The van der Waals surface area contributed by atoms with Crippen molar-refractivity contribution in [2.24, 2.45) is 0 Å². The molecule has 0 radical (unpaired) electrons. The predicted octanol–water partition coefficient (Wildman–Crippen LogP) is 4.15. The molecule has 0 aliphatic rings. The van der Waals surface area contributed by atoms with Crippen molar-refractivity contribution in [1.29, 1.82) is 0 Å². The molecule has 1 aromatic heterocycles. The first kappa shape index (κ1) is 12.6. The van der Waals surface area contributed by atoms with Crippen LogP contribution >= 0.6 is 0 Å². The van der Waals surface area contributed by atoms with Crippen molar-refractivity contribution in [2.75, 3.05) is 5.73 Å². The van der Waals surface area contributed by atoms with Gasteiger partial charge in [-0.1, -0.05) is 38.1 Å². The molecule has 0 saturated heterocycles. The second kappa shape index (κ2) is 5.21. The van der Waals surface area contributed by atoms with Crippen LogP contribution < -0.4 is 5.73 Å². The minimum Gasteiger partial charge on any atom is -0.397 e. The normalized spacial score (nSPS) is 12.4. The molecule has 94 valence electrons. The number of nitrogen functional groups attached to an aromatic ring is 1. The minimum atomic E-state index is 0.611. The lowest BCUT2D eigenvalue weighted by Gasteiger charge is -2.10. The van der Waals surface area contributed by atoms with E-state index in [9.17, 15) is 0 Å². The van der Waals surface area contributed by atoms with E-state index in [1.165, 1.54) is 12.0 Å². The van der Waals surface area contributed by atoms with E-state index in [1.807, 2.05) is 19.1 Å². The van der Waals surface area contributed by atoms with E-state index in [0.29, 0.717) is 5.92 Å². The van der Waals surface area contributed by atoms with Gasteiger partial charge in [0.1, 0.15) is 0 Å². The molecule has 0 amide bonds. The zero-order chi connectivity index (χ0) is 13.1. The van der Waals surface area contributed by atoms with Crippen molar-refractivity contribution >= 4 is 5.69 Å². The molecule has 1 aromatic carbocycles. The third-order valence-electron chi connectivity index (χ3n) is 3.51. The number of pyridine rings is 1. The molecule has 2 N–H and O–H groups in total. The van der Waals surface area contributed by atoms with Gasteiger partial charge in [-0.25, -0.2) is 0 Å². The van der Waals surface area contributed by atoms with Gasteiger partial charge in [0.25, 0.3) is 0 Å². The topological polar surface area (TPSA) is 38.9 Å². The van der Waals surface area contributed by atoms with Crippen molar-refractivity contribution in [3.8, 4) is 11.3 Å². The largest absolute Gasteiger partial charge is 0.397 e. The Morgan fingerprint density at radius 3 is 2.33 bits per heavy atom. The number of nitrogens with two attached hydrogens (primary N) is 1. The highest BCUT2D eigenvalue weighted by molar-refractivity contribution is 5.62. The highest BCUT2D eigenvalue weighted by Gasteiger charge is 2.05. The molecule has 0 spiro atoms. The predicted molar refractivity (Wildman–Crippen MR) is 77.5 cm³/mol. The van der Waals surface area contributed by atoms with Crippen LogP contribution in [-0.4, -0.2) is 4.98 Å². The molecule has 2 heteroatoms. The fraction of sp³-hybridized carbons (Fsp3) is 0.312. The van der Waals surface area contributed by atoms with Gasteiger partial charge in [-0.15, -0.1) is 0 Å². The van der Waals surface area contributed by atoms with E-state index in [0.717, 1.165) is 22.6 Å². The molecule has 0 aliphatic heterocycles. The second-order valence-corrected chi connectivity index (χ2v) is 4.80. The Bertz CT molecular complexity index is 529. The Kier molecular flexibility index (Phi) is 3.66. The maximum absolute atomic E-state index is 5.79. The van der Waals surface area contributed by atoms with E-state index in [4.69, 9.17) is 5.73 Å². The van der Waals surface area contributed by atoms with Gasteiger partial charge >= 0.3 is 0 Å². The lowest BCUT2D eigenvalue weighted by molar-refractivity contribution is 0.734. The molecule has 18 heavy (non-hydrogen) atoms. The first-order valence-corrected chi connectivity index (χ1v) is 6.45. The van der Waals surface area contributed by atoms with Gasteiger partial charge in [0.05, 0.1) is 17.1 Å². The number of nitrogens with zero attached hydrogens (tertiary/aromatic N) is 1. The number of hydrogen-bond acceptors (Lipinski definition) is 2. The summed E-state index contributed by atoms with van der Waals surface area (Å²) in [5, 5.41) is 0. The van der Waals surface area contributed by atoms with Crippen molar-refractivity contribution in [2.45, 2.75) is 33.1 Å². The number of hydrogen-bond donors (Lipinski definition) is 1. The van der Waals surface area contributed by atoms with Crippen LogP contribution in [0.2, 0.25) is 0 Å². The Morgan fingerprint density at radius 1 is 1.11 bits per heavy atom. The van der Waals surface area contributed by atoms with Gasteiger partial charge in [-0.3, -0.25) is 4.98 Å². The van der Waals surface area contributed by atoms with E-state index in [-0.39, 0.29) is 0 Å². The molecular weight excluding hydrogens is 220 g/mol. The van der Waals surface area contributed by atoms with Gasteiger partial charge in [0.15, 0.2) is 0 Å². The lowest BCUT2D eigenvalue weighted by atomic mass is 9.97. The SMILES string of the molecule is CCC(C)c1ccc(-c2ccc(N)c(C)n2)cc1. The quantitative estimate of drug-likeness (QED) is 0.875. The van der Waals surface area contributed by atoms with Crippen molar-refractivity contribution in [3.63, 3.8) is 0 Å². The van der Waals surface area contributed by atoms with Crippen LogP contribution in [0, 0.1) is 6.92 Å². The number of anilines is 1. The molecular formula is C16H20N2. The van der Waals surface area contributed by atoms with Crippen LogP contribution in [0.15, 0.2) is 36.4 Å².